The molecule has 10 heteroatoms. The Kier molecular flexibility index (Phi) is 6.35. The fourth-order valence-electron chi connectivity index (χ4n) is 4.18. The molecular weight excluding hydrogens is 514 g/mol. The van der Waals surface area contributed by atoms with E-state index in [1.807, 2.05) is 63.4 Å². The molecule has 5 aromatic rings. The van der Waals surface area contributed by atoms with E-state index < -0.39 is 0 Å². The van der Waals surface area contributed by atoms with Crippen molar-refractivity contribution in [3.63, 3.8) is 0 Å². The summed E-state index contributed by atoms with van der Waals surface area (Å²) in [6, 6.07) is 19.4. The van der Waals surface area contributed by atoms with Gasteiger partial charge in [0.05, 0.1) is 12.0 Å². The number of carbonyl (C=O) groups excluding carboxylic acids is 1. The topological polar surface area (TPSA) is 77.0 Å². The van der Waals surface area contributed by atoms with Crippen molar-refractivity contribution in [2.75, 3.05) is 6.54 Å². The molecule has 7 nitrogen and oxygen atoms in total. The first-order chi connectivity index (χ1) is 17.7. The standard InChI is InChI=1S/C26H20ClN5O2S2/c27-19-7-9-20(10-8-19)32-24(22-6-3-13-34-22)29-30-26(32)36-16-23-28-21(15-35-23)25(33)31-12-11-17-4-1-2-5-18(17)14-31/h1-10,13,15H,11-12,14,16H2. The van der Waals surface area contributed by atoms with Crippen molar-refractivity contribution in [2.45, 2.75) is 23.9 Å². The second kappa shape index (κ2) is 9.93. The first kappa shape index (κ1) is 23.0. The summed E-state index contributed by atoms with van der Waals surface area (Å²) in [4.78, 5) is 19.6. The van der Waals surface area contributed by atoms with E-state index in [9.17, 15) is 4.79 Å². The number of thioether (sulfide) groups is 1. The van der Waals surface area contributed by atoms with Crippen molar-refractivity contribution in [3.05, 3.63) is 99.2 Å². The number of halogens is 1. The van der Waals surface area contributed by atoms with Crippen LogP contribution in [-0.4, -0.2) is 37.1 Å². The number of carbonyl (C=O) groups is 1. The molecule has 0 radical (unpaired) electrons. The van der Waals surface area contributed by atoms with Crippen LogP contribution >= 0.6 is 34.7 Å². The number of nitrogens with zero attached hydrogens (tertiary/aromatic N) is 5. The molecule has 0 fully saturated rings. The highest BCUT2D eigenvalue weighted by Gasteiger charge is 2.24. The summed E-state index contributed by atoms with van der Waals surface area (Å²) in [6.07, 6.45) is 2.48. The van der Waals surface area contributed by atoms with Crippen LogP contribution in [0.4, 0.5) is 0 Å². The van der Waals surface area contributed by atoms with Gasteiger partial charge in [-0.25, -0.2) is 4.98 Å². The monoisotopic (exact) mass is 533 g/mol. The number of aromatic nitrogens is 4. The van der Waals surface area contributed by atoms with E-state index in [4.69, 9.17) is 16.0 Å². The van der Waals surface area contributed by atoms with Gasteiger partial charge in [-0.15, -0.1) is 21.5 Å². The highest BCUT2D eigenvalue weighted by Crippen LogP contribution is 2.31. The van der Waals surface area contributed by atoms with Gasteiger partial charge in [-0.2, -0.15) is 0 Å². The zero-order chi connectivity index (χ0) is 24.5. The summed E-state index contributed by atoms with van der Waals surface area (Å²) in [5.74, 6) is 1.76. The molecule has 1 amide bonds. The number of rotatable bonds is 6. The Bertz CT molecular complexity index is 1510. The summed E-state index contributed by atoms with van der Waals surface area (Å²) in [7, 11) is 0. The molecule has 0 atom stereocenters. The number of fused-ring (bicyclic) bond motifs is 1. The molecule has 36 heavy (non-hydrogen) atoms. The average molecular weight is 534 g/mol. The maximum absolute atomic E-state index is 13.1. The molecule has 1 aliphatic heterocycles. The van der Waals surface area contributed by atoms with Gasteiger partial charge in [-0.3, -0.25) is 9.36 Å². The van der Waals surface area contributed by atoms with E-state index in [0.717, 1.165) is 17.1 Å². The van der Waals surface area contributed by atoms with Crippen molar-refractivity contribution in [1.82, 2.24) is 24.6 Å². The molecule has 180 valence electrons. The zero-order valence-corrected chi connectivity index (χ0v) is 21.4. The quantitative estimate of drug-likeness (QED) is 0.244. The van der Waals surface area contributed by atoms with Crippen LogP contribution in [0, 0.1) is 0 Å². The van der Waals surface area contributed by atoms with E-state index >= 15 is 0 Å². The lowest BCUT2D eigenvalue weighted by Gasteiger charge is -2.28. The summed E-state index contributed by atoms with van der Waals surface area (Å²) < 4.78 is 7.51. The van der Waals surface area contributed by atoms with Crippen molar-refractivity contribution >= 4 is 40.6 Å². The Morgan fingerprint density at radius 1 is 1.06 bits per heavy atom. The maximum Gasteiger partial charge on any atom is 0.273 e. The van der Waals surface area contributed by atoms with Crippen LogP contribution < -0.4 is 0 Å². The molecule has 0 bridgehead atoms. The van der Waals surface area contributed by atoms with Crippen LogP contribution in [0.5, 0.6) is 0 Å². The van der Waals surface area contributed by atoms with Crippen LogP contribution in [0.2, 0.25) is 5.02 Å². The third-order valence-corrected chi connectivity index (χ3v) is 8.20. The predicted octanol–water partition coefficient (Wildman–Crippen LogP) is 6.13. The van der Waals surface area contributed by atoms with Gasteiger partial charge < -0.3 is 9.32 Å². The van der Waals surface area contributed by atoms with Crippen LogP contribution in [0.1, 0.15) is 26.6 Å². The molecule has 0 N–H and O–H groups in total. The Morgan fingerprint density at radius 3 is 2.69 bits per heavy atom. The van der Waals surface area contributed by atoms with Crippen LogP contribution in [0.3, 0.4) is 0 Å². The molecule has 1 aliphatic rings. The van der Waals surface area contributed by atoms with Crippen LogP contribution in [0.25, 0.3) is 17.3 Å². The van der Waals surface area contributed by atoms with E-state index in [1.165, 1.54) is 34.2 Å². The van der Waals surface area contributed by atoms with Gasteiger partial charge in [-0.1, -0.05) is 47.6 Å². The number of thiazole rings is 1. The summed E-state index contributed by atoms with van der Waals surface area (Å²) in [6.45, 7) is 1.33. The molecule has 0 saturated heterocycles. The SMILES string of the molecule is O=C(c1csc(CSc2nnc(-c3ccco3)n2-c2ccc(Cl)cc2)n1)N1CCc2ccccc2C1. The van der Waals surface area contributed by atoms with Gasteiger partial charge >= 0.3 is 0 Å². The van der Waals surface area contributed by atoms with E-state index in [2.05, 4.69) is 27.3 Å². The number of amides is 1. The Morgan fingerprint density at radius 2 is 1.89 bits per heavy atom. The highest BCUT2D eigenvalue weighted by molar-refractivity contribution is 7.98. The molecule has 3 aromatic heterocycles. The van der Waals surface area contributed by atoms with Gasteiger partial charge in [0.15, 0.2) is 10.9 Å². The minimum Gasteiger partial charge on any atom is -0.461 e. The smallest absolute Gasteiger partial charge is 0.273 e. The molecule has 0 unspecified atom stereocenters. The van der Waals surface area contributed by atoms with Crippen LogP contribution in [0.15, 0.2) is 81.9 Å². The maximum atomic E-state index is 13.1. The Hall–Kier alpha value is -3.40. The highest BCUT2D eigenvalue weighted by atomic mass is 35.5. The molecule has 2 aromatic carbocycles. The van der Waals surface area contributed by atoms with E-state index in [0.29, 0.717) is 46.3 Å². The minimum atomic E-state index is -0.0264. The fourth-order valence-corrected chi connectivity index (χ4v) is 6.05. The third-order valence-electron chi connectivity index (χ3n) is 5.97. The third kappa shape index (κ3) is 4.57. The Balaban J connectivity index is 1.20. The minimum absolute atomic E-state index is 0.0264. The number of furan rings is 1. The van der Waals surface area contributed by atoms with Crippen molar-refractivity contribution in [3.8, 4) is 17.3 Å². The molecule has 6 rings (SSSR count). The number of hydrogen-bond acceptors (Lipinski definition) is 7. The lowest BCUT2D eigenvalue weighted by Crippen LogP contribution is -2.36. The van der Waals surface area contributed by atoms with Crippen molar-refractivity contribution < 1.29 is 9.21 Å². The number of benzene rings is 2. The lowest BCUT2D eigenvalue weighted by atomic mass is 10.00. The second-order valence-electron chi connectivity index (χ2n) is 8.26. The predicted molar refractivity (Wildman–Crippen MR) is 141 cm³/mol. The fraction of sp³-hybridized carbons (Fsp3) is 0.154. The summed E-state index contributed by atoms with van der Waals surface area (Å²) in [5.41, 5.74) is 3.89. The zero-order valence-electron chi connectivity index (χ0n) is 19.0. The van der Waals surface area contributed by atoms with Gasteiger partial charge in [-0.05, 0) is 53.9 Å². The van der Waals surface area contributed by atoms with Gasteiger partial charge in [0, 0.05) is 29.2 Å². The first-order valence-electron chi connectivity index (χ1n) is 11.3. The Labute approximate surface area is 220 Å². The van der Waals surface area contributed by atoms with E-state index in [-0.39, 0.29) is 5.91 Å². The second-order valence-corrected chi connectivity index (χ2v) is 10.6. The summed E-state index contributed by atoms with van der Waals surface area (Å²) >= 11 is 9.09. The molecular formula is C26H20ClN5O2S2. The number of hydrogen-bond donors (Lipinski definition) is 0. The normalized spacial score (nSPS) is 13.1. The molecule has 0 aliphatic carbocycles. The lowest BCUT2D eigenvalue weighted by molar-refractivity contribution is 0.0729. The van der Waals surface area contributed by atoms with Crippen molar-refractivity contribution in [2.24, 2.45) is 0 Å². The van der Waals surface area contributed by atoms with Crippen molar-refractivity contribution in [1.29, 1.82) is 0 Å². The van der Waals surface area contributed by atoms with Gasteiger partial charge in [0.2, 0.25) is 5.82 Å². The van der Waals surface area contributed by atoms with Crippen LogP contribution in [-0.2, 0) is 18.7 Å². The summed E-state index contributed by atoms with van der Waals surface area (Å²) in [5, 5.41) is 12.8. The molecule has 4 heterocycles. The first-order valence-corrected chi connectivity index (χ1v) is 13.6. The van der Waals surface area contributed by atoms with Gasteiger partial charge in [0.1, 0.15) is 10.7 Å². The average Bonchev–Trinajstić information content (AvgIpc) is 3.68. The molecule has 0 spiro atoms. The van der Waals surface area contributed by atoms with Gasteiger partial charge in [0.25, 0.3) is 5.91 Å². The molecule has 0 saturated carbocycles. The largest absolute Gasteiger partial charge is 0.461 e. The van der Waals surface area contributed by atoms with E-state index in [1.54, 1.807) is 6.26 Å².